The molecule has 1 fully saturated rings. The van der Waals surface area contributed by atoms with Crippen LogP contribution in [0.25, 0.3) is 11.0 Å². The summed E-state index contributed by atoms with van der Waals surface area (Å²) in [4.78, 5) is 35.8. The van der Waals surface area contributed by atoms with Crippen LogP contribution in [-0.4, -0.2) is 87.8 Å². The Morgan fingerprint density at radius 2 is 1.85 bits per heavy atom. The van der Waals surface area contributed by atoms with Crippen molar-refractivity contribution < 1.29 is 24.2 Å². The van der Waals surface area contributed by atoms with Gasteiger partial charge in [-0.1, -0.05) is 54.6 Å². The van der Waals surface area contributed by atoms with Crippen LogP contribution in [0.3, 0.4) is 0 Å². The van der Waals surface area contributed by atoms with Crippen LogP contribution in [0.4, 0.5) is 0 Å². The van der Waals surface area contributed by atoms with Gasteiger partial charge in [0.2, 0.25) is 11.8 Å². The Bertz CT molecular complexity index is 1670. The summed E-state index contributed by atoms with van der Waals surface area (Å²) in [5.74, 6) is -0.0236. The van der Waals surface area contributed by atoms with E-state index in [0.717, 1.165) is 33.4 Å². The van der Waals surface area contributed by atoms with Gasteiger partial charge in [0.1, 0.15) is 17.4 Å². The highest BCUT2D eigenvalue weighted by Crippen LogP contribution is 2.35. The lowest BCUT2D eigenvalue weighted by Crippen LogP contribution is -2.63. The number of nitrogens with one attached hydrogen (secondary N) is 2. The molecule has 0 saturated carbocycles. The summed E-state index contributed by atoms with van der Waals surface area (Å²) in [5.41, 5.74) is 3.25. The number of rotatable bonds is 12. The molecular weight excluding hydrogens is 606 g/mol. The summed E-state index contributed by atoms with van der Waals surface area (Å²) in [6, 6.07) is 20.5. The lowest BCUT2D eigenvalue weighted by atomic mass is 9.91. The van der Waals surface area contributed by atoms with E-state index in [-0.39, 0.29) is 24.8 Å². The molecule has 1 aliphatic heterocycles. The third-order valence-corrected chi connectivity index (χ3v) is 10.1. The number of aliphatic hydroxyl groups is 2. The monoisotopic (exact) mass is 653 g/mol. The number of pyridine rings is 1. The lowest BCUT2D eigenvalue weighted by molar-refractivity contribution is -0.132. The van der Waals surface area contributed by atoms with Crippen molar-refractivity contribution in [3.05, 3.63) is 102 Å². The first-order valence-electron chi connectivity index (χ1n) is 17.0. The minimum absolute atomic E-state index is 0.0912. The molecule has 1 aliphatic carbocycles. The number of piperazine rings is 1. The van der Waals surface area contributed by atoms with Crippen LogP contribution in [0.5, 0.6) is 0 Å². The van der Waals surface area contributed by atoms with Crippen LogP contribution in [0.1, 0.15) is 55.7 Å². The molecule has 4 aromatic rings. The molecule has 1 saturated heterocycles. The number of fused-ring (bicyclic) bond motifs is 2. The second kappa shape index (κ2) is 14.6. The largest absolute Gasteiger partial charge is 0.459 e. The van der Waals surface area contributed by atoms with Gasteiger partial charge in [0.15, 0.2) is 0 Å². The first-order valence-corrected chi connectivity index (χ1v) is 17.0. The van der Waals surface area contributed by atoms with Crippen LogP contribution < -0.4 is 10.6 Å². The summed E-state index contributed by atoms with van der Waals surface area (Å²) >= 11 is 0. The summed E-state index contributed by atoms with van der Waals surface area (Å²) in [5, 5.41) is 29.4. The van der Waals surface area contributed by atoms with Crippen molar-refractivity contribution in [2.45, 2.75) is 69.9 Å². The topological polar surface area (TPSA) is 131 Å². The number of amides is 2. The molecule has 2 aromatic heterocycles. The Kier molecular flexibility index (Phi) is 10.3. The molecule has 0 bridgehead atoms. The molecular formula is C38H47N5O5. The maximum absolute atomic E-state index is 13.9. The molecule has 3 heterocycles. The van der Waals surface area contributed by atoms with Gasteiger partial charge < -0.3 is 25.3 Å². The maximum Gasteiger partial charge on any atom is 0.238 e. The van der Waals surface area contributed by atoms with Crippen molar-refractivity contribution in [3.8, 4) is 0 Å². The zero-order chi connectivity index (χ0) is 33.8. The third kappa shape index (κ3) is 7.32. The van der Waals surface area contributed by atoms with Crippen LogP contribution in [0.2, 0.25) is 0 Å². The molecule has 2 aromatic carbocycles. The Morgan fingerprint density at radius 1 is 1.08 bits per heavy atom. The van der Waals surface area contributed by atoms with E-state index in [9.17, 15) is 19.8 Å². The van der Waals surface area contributed by atoms with Gasteiger partial charge >= 0.3 is 0 Å². The highest BCUT2D eigenvalue weighted by molar-refractivity contribution is 5.82. The molecule has 254 valence electrons. The van der Waals surface area contributed by atoms with E-state index in [1.807, 2.05) is 78.6 Å². The average molecular weight is 654 g/mol. The number of β-amino-alcohol motifs (C(OH)–C–C–N with tert-alkyl or cyclic N) is 1. The molecule has 48 heavy (non-hydrogen) atoms. The number of aromatic nitrogens is 1. The fourth-order valence-corrected chi connectivity index (χ4v) is 7.30. The maximum atomic E-state index is 13.9. The zero-order valence-electron chi connectivity index (χ0n) is 28.0. The number of carbonyl (C=O) groups excluding carboxylic acids is 2. The fourth-order valence-electron chi connectivity index (χ4n) is 7.30. The number of aliphatic hydroxyl groups excluding tert-OH is 2. The molecule has 2 amide bonds. The number of benzene rings is 2. The van der Waals surface area contributed by atoms with Crippen LogP contribution in [0.15, 0.2) is 83.5 Å². The molecule has 0 radical (unpaired) electrons. The minimum Gasteiger partial charge on any atom is -0.459 e. The predicted octanol–water partition coefficient (Wildman–Crippen LogP) is 3.57. The number of hydrogen-bond donors (Lipinski definition) is 4. The van der Waals surface area contributed by atoms with Gasteiger partial charge in [-0.3, -0.25) is 24.4 Å². The summed E-state index contributed by atoms with van der Waals surface area (Å²) in [6.07, 6.45) is 3.09. The van der Waals surface area contributed by atoms with Gasteiger partial charge in [0.05, 0.1) is 23.8 Å². The van der Waals surface area contributed by atoms with Crippen LogP contribution in [0, 0.1) is 5.92 Å². The van der Waals surface area contributed by atoms with Gasteiger partial charge in [-0.2, -0.15) is 0 Å². The van der Waals surface area contributed by atoms with Gasteiger partial charge in [0, 0.05) is 62.8 Å². The molecule has 6 rings (SSSR count). The molecule has 2 aliphatic rings. The Hall–Kier alpha value is -4.09. The smallest absolute Gasteiger partial charge is 0.238 e. The summed E-state index contributed by atoms with van der Waals surface area (Å²) in [7, 11) is 0. The van der Waals surface area contributed by atoms with Crippen LogP contribution in [-0.2, 0) is 28.0 Å². The van der Waals surface area contributed by atoms with Gasteiger partial charge in [-0.15, -0.1) is 0 Å². The number of hydrogen-bond acceptors (Lipinski definition) is 8. The standard InChI is InChI=1S/C38H47N5O5/c1-4-40-37(47)31-24-43(38(2,3)34-21-28-22-39-15-14-33(28)48-34)17-16-42(31)23-29(44)19-27(18-25-10-6-5-7-11-25)36(46)41-35-30-13-9-8-12-26(30)20-32(35)45/h5-15,21-22,27,29,31-32,35,44-45H,4,16-20,23-24H2,1-3H3,(H,40,47)(H,41,46)/t27-,29+,31+,32-,35+/m1/s1. The van der Waals surface area contributed by atoms with Crippen LogP contribution >= 0.6 is 0 Å². The highest BCUT2D eigenvalue weighted by atomic mass is 16.3. The second-order valence-electron chi connectivity index (χ2n) is 13.7. The van der Waals surface area contributed by atoms with E-state index in [1.165, 1.54) is 0 Å². The predicted molar refractivity (Wildman–Crippen MR) is 184 cm³/mol. The molecule has 10 heteroatoms. The first-order chi connectivity index (χ1) is 23.1. The van der Waals surface area contributed by atoms with Crippen molar-refractivity contribution in [1.29, 1.82) is 0 Å². The first kappa shape index (κ1) is 33.8. The van der Waals surface area contributed by atoms with Crippen molar-refractivity contribution in [3.63, 3.8) is 0 Å². The van der Waals surface area contributed by atoms with Gasteiger partial charge in [-0.25, -0.2) is 0 Å². The average Bonchev–Trinajstić information content (AvgIpc) is 3.66. The summed E-state index contributed by atoms with van der Waals surface area (Å²) in [6.45, 7) is 8.53. The lowest BCUT2D eigenvalue weighted by Gasteiger charge is -2.47. The van der Waals surface area contributed by atoms with Crippen molar-refractivity contribution in [1.82, 2.24) is 25.4 Å². The summed E-state index contributed by atoms with van der Waals surface area (Å²) < 4.78 is 6.22. The highest BCUT2D eigenvalue weighted by Gasteiger charge is 2.41. The van der Waals surface area contributed by atoms with Gasteiger partial charge in [0.25, 0.3) is 0 Å². The molecule has 5 atom stereocenters. The van der Waals surface area contributed by atoms with Crippen molar-refractivity contribution >= 4 is 22.8 Å². The van der Waals surface area contributed by atoms with E-state index in [0.29, 0.717) is 39.0 Å². The second-order valence-corrected chi connectivity index (χ2v) is 13.7. The normalized spacial score (nSPS) is 21.5. The molecule has 0 unspecified atom stereocenters. The van der Waals surface area contributed by atoms with E-state index in [2.05, 4.69) is 34.4 Å². The molecule has 0 spiro atoms. The molecule has 4 N–H and O–H groups in total. The SMILES string of the molecule is CCNC(=O)[C@@H]1CN(C(C)(C)c2cc3cnccc3o2)CCN1C[C@@H](O)C[C@@H](Cc1ccccc1)C(=O)N[C@H]1c2ccccc2C[C@H]1O. The van der Waals surface area contributed by atoms with E-state index < -0.39 is 35.7 Å². The van der Waals surface area contributed by atoms with Gasteiger partial charge in [-0.05, 0) is 62.4 Å². The Labute approximate surface area is 282 Å². The van der Waals surface area contributed by atoms with Crippen molar-refractivity contribution in [2.75, 3.05) is 32.7 Å². The zero-order valence-corrected chi connectivity index (χ0v) is 28.0. The van der Waals surface area contributed by atoms with E-state index in [1.54, 1.807) is 12.4 Å². The minimum atomic E-state index is -0.857. The number of likely N-dealkylation sites (N-methyl/N-ethyl adjacent to an activating group) is 1. The molecule has 10 nitrogen and oxygen atoms in total. The Balaban J connectivity index is 1.16. The number of nitrogens with zero attached hydrogens (tertiary/aromatic N) is 3. The van der Waals surface area contributed by atoms with E-state index in [4.69, 9.17) is 4.42 Å². The fraction of sp³-hybridized carbons (Fsp3) is 0.447. The number of carbonyl (C=O) groups is 2. The van der Waals surface area contributed by atoms with Crippen molar-refractivity contribution in [2.24, 2.45) is 5.92 Å². The quantitative estimate of drug-likeness (QED) is 0.183. The van der Waals surface area contributed by atoms with E-state index >= 15 is 0 Å². The Morgan fingerprint density at radius 3 is 2.62 bits per heavy atom. The number of furan rings is 1. The third-order valence-electron chi connectivity index (χ3n) is 10.1.